The number of piperazine rings is 1. The quantitative estimate of drug-likeness (QED) is 0.595. The van der Waals surface area contributed by atoms with E-state index in [1.54, 1.807) is 13.0 Å². The number of amides is 1. The summed E-state index contributed by atoms with van der Waals surface area (Å²) in [7, 11) is 0. The lowest BCUT2D eigenvalue weighted by Gasteiger charge is -2.44. The number of ether oxygens (including phenoxy) is 1. The molecule has 1 aliphatic heterocycles. The molecule has 1 fully saturated rings. The Morgan fingerprint density at radius 1 is 1.21 bits per heavy atom. The second-order valence-electron chi connectivity index (χ2n) is 9.23. The van der Waals surface area contributed by atoms with Crippen LogP contribution in [0.15, 0.2) is 36.7 Å². The van der Waals surface area contributed by atoms with E-state index in [1.807, 2.05) is 43.1 Å². The summed E-state index contributed by atoms with van der Waals surface area (Å²) in [6, 6.07) is 7.95. The number of nitrogens with one attached hydrogen (secondary N) is 1. The number of rotatable bonds is 5. The van der Waals surface area contributed by atoms with Gasteiger partial charge in [-0.05, 0) is 38.0 Å². The minimum atomic E-state index is -0.377. The second-order valence-corrected chi connectivity index (χ2v) is 9.23. The molecule has 3 aromatic rings. The molecular weight excluding hydrogens is 418 g/mol. The first-order valence-corrected chi connectivity index (χ1v) is 11.4. The fourth-order valence-electron chi connectivity index (χ4n) is 4.53. The molecule has 8 heteroatoms. The van der Waals surface area contributed by atoms with E-state index in [-0.39, 0.29) is 29.9 Å². The molecule has 0 bridgehead atoms. The molecule has 2 atom stereocenters. The van der Waals surface area contributed by atoms with Gasteiger partial charge >= 0.3 is 5.97 Å². The molecule has 4 rings (SSSR count). The van der Waals surface area contributed by atoms with Gasteiger partial charge in [-0.2, -0.15) is 0 Å². The van der Waals surface area contributed by atoms with Gasteiger partial charge < -0.3 is 19.5 Å². The van der Waals surface area contributed by atoms with Gasteiger partial charge in [0.1, 0.15) is 11.5 Å². The number of fused-ring (bicyclic) bond motifs is 1. The normalized spacial score (nSPS) is 18.7. The van der Waals surface area contributed by atoms with Crippen LogP contribution in [0, 0.1) is 5.92 Å². The summed E-state index contributed by atoms with van der Waals surface area (Å²) in [6.45, 7) is 11.6. The van der Waals surface area contributed by atoms with Crippen molar-refractivity contribution in [3.8, 4) is 11.3 Å². The highest BCUT2D eigenvalue weighted by Gasteiger charge is 2.31. The predicted octanol–water partition coefficient (Wildman–Crippen LogP) is 3.88. The highest BCUT2D eigenvalue weighted by Crippen LogP contribution is 2.29. The van der Waals surface area contributed by atoms with Crippen LogP contribution in [0.5, 0.6) is 0 Å². The number of esters is 1. The van der Waals surface area contributed by atoms with Crippen molar-refractivity contribution in [1.29, 1.82) is 0 Å². The van der Waals surface area contributed by atoms with Gasteiger partial charge in [0, 0.05) is 55.4 Å². The highest BCUT2D eigenvalue weighted by molar-refractivity contribution is 5.98. The lowest BCUT2D eigenvalue weighted by molar-refractivity contribution is -0.133. The van der Waals surface area contributed by atoms with E-state index >= 15 is 0 Å². The van der Waals surface area contributed by atoms with Gasteiger partial charge in [-0.25, -0.2) is 14.8 Å². The van der Waals surface area contributed by atoms with Crippen LogP contribution in [-0.4, -0.2) is 63.5 Å². The number of carbonyl (C=O) groups excluding carboxylic acids is 2. The molecule has 3 aromatic heterocycles. The molecule has 8 nitrogen and oxygen atoms in total. The molecule has 4 heterocycles. The molecule has 0 saturated carbocycles. The standard InChI is InChI=1S/C25H31N5O3/c1-15(2)14-33-25(32)19-9-20-21(11-27-24(20)26-10-19)22-7-6-8-23(28-22)29-12-16(3)30(18(5)31)17(4)13-29/h6-11,15-17H,12-14H2,1-5H3,(H,26,27)/t16-,17+. The van der Waals surface area contributed by atoms with Gasteiger partial charge in [0.25, 0.3) is 0 Å². The number of aromatic amines is 1. The maximum absolute atomic E-state index is 12.4. The van der Waals surface area contributed by atoms with Crippen molar-refractivity contribution in [1.82, 2.24) is 19.9 Å². The molecule has 1 amide bonds. The van der Waals surface area contributed by atoms with Crippen LogP contribution in [0.2, 0.25) is 0 Å². The predicted molar refractivity (Wildman–Crippen MR) is 128 cm³/mol. The van der Waals surface area contributed by atoms with Crippen LogP contribution in [-0.2, 0) is 9.53 Å². The smallest absolute Gasteiger partial charge is 0.339 e. The highest BCUT2D eigenvalue weighted by atomic mass is 16.5. The van der Waals surface area contributed by atoms with Crippen molar-refractivity contribution < 1.29 is 14.3 Å². The average molecular weight is 450 g/mol. The molecule has 0 aliphatic carbocycles. The second kappa shape index (κ2) is 9.21. The van der Waals surface area contributed by atoms with Crippen LogP contribution in [0.1, 0.15) is 45.0 Å². The summed E-state index contributed by atoms with van der Waals surface area (Å²) in [4.78, 5) is 41.1. The Balaban J connectivity index is 1.62. The lowest BCUT2D eigenvalue weighted by atomic mass is 10.1. The number of hydrogen-bond donors (Lipinski definition) is 1. The van der Waals surface area contributed by atoms with Gasteiger partial charge in [0.05, 0.1) is 17.9 Å². The van der Waals surface area contributed by atoms with Crippen molar-refractivity contribution >= 4 is 28.7 Å². The molecule has 0 spiro atoms. The maximum Gasteiger partial charge on any atom is 0.339 e. The Morgan fingerprint density at radius 3 is 2.61 bits per heavy atom. The minimum absolute atomic E-state index is 0.102. The zero-order valence-corrected chi connectivity index (χ0v) is 19.8. The Kier molecular flexibility index (Phi) is 6.35. The summed E-state index contributed by atoms with van der Waals surface area (Å²) >= 11 is 0. The lowest BCUT2D eigenvalue weighted by Crippen LogP contribution is -2.58. The maximum atomic E-state index is 12.4. The molecule has 1 saturated heterocycles. The van der Waals surface area contributed by atoms with E-state index in [1.165, 1.54) is 6.20 Å². The third-order valence-corrected chi connectivity index (χ3v) is 5.93. The SMILES string of the molecule is CC(=O)N1[C@H](C)CN(c2cccc(-c3c[nH]c4ncc(C(=O)OCC(C)C)cc34)n2)C[C@@H]1C. The molecule has 1 aliphatic rings. The Morgan fingerprint density at radius 2 is 1.94 bits per heavy atom. The van der Waals surface area contributed by atoms with Crippen LogP contribution < -0.4 is 4.90 Å². The summed E-state index contributed by atoms with van der Waals surface area (Å²) in [5.74, 6) is 0.857. The van der Waals surface area contributed by atoms with Crippen LogP contribution in [0.3, 0.4) is 0 Å². The molecule has 33 heavy (non-hydrogen) atoms. The molecule has 0 aromatic carbocycles. The van der Waals surface area contributed by atoms with Gasteiger partial charge in [-0.15, -0.1) is 0 Å². The van der Waals surface area contributed by atoms with Gasteiger partial charge in [0.15, 0.2) is 0 Å². The average Bonchev–Trinajstić information content (AvgIpc) is 3.20. The van der Waals surface area contributed by atoms with E-state index < -0.39 is 0 Å². The minimum Gasteiger partial charge on any atom is -0.462 e. The van der Waals surface area contributed by atoms with E-state index in [9.17, 15) is 9.59 Å². The number of H-pyrrole nitrogens is 1. The topological polar surface area (TPSA) is 91.4 Å². The van der Waals surface area contributed by atoms with Gasteiger partial charge in [-0.3, -0.25) is 4.79 Å². The summed E-state index contributed by atoms with van der Waals surface area (Å²) in [5.41, 5.74) is 2.78. The zero-order valence-electron chi connectivity index (χ0n) is 19.8. The summed E-state index contributed by atoms with van der Waals surface area (Å²) in [6.07, 6.45) is 3.40. The van der Waals surface area contributed by atoms with Crippen molar-refractivity contribution in [2.75, 3.05) is 24.6 Å². The number of aromatic nitrogens is 3. The molecule has 0 unspecified atom stereocenters. The Bertz CT molecular complexity index is 1160. The third kappa shape index (κ3) is 4.69. The third-order valence-electron chi connectivity index (χ3n) is 5.93. The molecule has 174 valence electrons. The number of hydrogen-bond acceptors (Lipinski definition) is 6. The van der Waals surface area contributed by atoms with Crippen molar-refractivity contribution in [2.45, 2.75) is 46.7 Å². The summed E-state index contributed by atoms with van der Waals surface area (Å²) in [5, 5.41) is 0.821. The molecule has 0 radical (unpaired) electrons. The van der Waals surface area contributed by atoms with E-state index in [4.69, 9.17) is 9.72 Å². The Labute approximate surface area is 194 Å². The number of carbonyl (C=O) groups is 2. The largest absolute Gasteiger partial charge is 0.462 e. The van der Waals surface area contributed by atoms with Crippen LogP contribution in [0.25, 0.3) is 22.3 Å². The Hall–Kier alpha value is -3.42. The number of pyridine rings is 2. The fourth-order valence-corrected chi connectivity index (χ4v) is 4.53. The fraction of sp³-hybridized carbons (Fsp3) is 0.440. The number of anilines is 1. The van der Waals surface area contributed by atoms with E-state index in [0.717, 1.165) is 35.6 Å². The van der Waals surface area contributed by atoms with Crippen molar-refractivity contribution in [3.05, 3.63) is 42.2 Å². The van der Waals surface area contributed by atoms with Crippen LogP contribution >= 0.6 is 0 Å². The van der Waals surface area contributed by atoms with Crippen LogP contribution in [0.4, 0.5) is 5.82 Å². The monoisotopic (exact) mass is 449 g/mol. The first-order valence-electron chi connectivity index (χ1n) is 11.4. The van der Waals surface area contributed by atoms with Gasteiger partial charge in [0.2, 0.25) is 5.91 Å². The zero-order chi connectivity index (χ0) is 23.7. The first kappa shape index (κ1) is 22.8. The van der Waals surface area contributed by atoms with Gasteiger partial charge in [-0.1, -0.05) is 19.9 Å². The van der Waals surface area contributed by atoms with Crippen molar-refractivity contribution in [2.24, 2.45) is 5.92 Å². The first-order chi connectivity index (χ1) is 15.7. The van der Waals surface area contributed by atoms with Crippen molar-refractivity contribution in [3.63, 3.8) is 0 Å². The summed E-state index contributed by atoms with van der Waals surface area (Å²) < 4.78 is 5.37. The van der Waals surface area contributed by atoms with E-state index in [0.29, 0.717) is 17.8 Å². The van der Waals surface area contributed by atoms with E-state index in [2.05, 4.69) is 28.7 Å². The molecule has 1 N–H and O–H groups in total. The molecular formula is C25H31N5O3. The number of nitrogens with zero attached hydrogens (tertiary/aromatic N) is 4.